The molecule has 1 aromatic heterocycles. The predicted molar refractivity (Wildman–Crippen MR) is 95.2 cm³/mol. The number of aliphatic hydroxyl groups excluding tert-OH is 1. The molecule has 0 unspecified atom stereocenters. The van der Waals surface area contributed by atoms with Crippen LogP contribution >= 0.6 is 0 Å². The largest absolute Gasteiger partial charge is 0.474 e. The third kappa shape index (κ3) is 3.39. The molecule has 1 aromatic carbocycles. The highest BCUT2D eigenvalue weighted by atomic mass is 16.5. The van der Waals surface area contributed by atoms with Gasteiger partial charge in [0.25, 0.3) is 0 Å². The summed E-state index contributed by atoms with van der Waals surface area (Å²) in [7, 11) is 1.70. The molecular weight excluding hydrogens is 332 g/mol. The lowest BCUT2D eigenvalue weighted by atomic mass is 10.1. The summed E-state index contributed by atoms with van der Waals surface area (Å²) >= 11 is 0. The van der Waals surface area contributed by atoms with Gasteiger partial charge in [-0.2, -0.15) is 0 Å². The first kappa shape index (κ1) is 17.2. The smallest absolute Gasteiger partial charge is 0.220 e. The highest BCUT2D eigenvalue weighted by Crippen LogP contribution is 2.37. The Kier molecular flexibility index (Phi) is 4.78. The summed E-state index contributed by atoms with van der Waals surface area (Å²) in [4.78, 5) is 8.42. The first-order chi connectivity index (χ1) is 12.6. The highest BCUT2D eigenvalue weighted by molar-refractivity contribution is 5.36. The zero-order valence-corrected chi connectivity index (χ0v) is 15.0. The van der Waals surface area contributed by atoms with Gasteiger partial charge in [0.1, 0.15) is 18.5 Å². The summed E-state index contributed by atoms with van der Waals surface area (Å²) in [5.41, 5.74) is 2.37. The molecule has 0 spiro atoms. The second-order valence-electron chi connectivity index (χ2n) is 7.17. The maximum atomic E-state index is 9.89. The van der Waals surface area contributed by atoms with Crippen molar-refractivity contribution in [1.82, 2.24) is 9.97 Å². The minimum atomic E-state index is -0.310. The molecule has 2 aliphatic carbocycles. The van der Waals surface area contributed by atoms with E-state index in [9.17, 15) is 5.11 Å². The summed E-state index contributed by atoms with van der Waals surface area (Å²) in [6.07, 6.45) is 3.14. The molecule has 0 saturated heterocycles. The zero-order chi connectivity index (χ0) is 18.1. The third-order valence-electron chi connectivity index (χ3n) is 5.37. The molecule has 2 aliphatic rings. The molecule has 5 atom stereocenters. The Bertz CT molecular complexity index is 759. The summed E-state index contributed by atoms with van der Waals surface area (Å²) < 4.78 is 17.7. The number of aromatic nitrogens is 2. The van der Waals surface area contributed by atoms with Crippen LogP contribution in [0.1, 0.15) is 37.0 Å². The first-order valence-corrected chi connectivity index (χ1v) is 9.08. The second-order valence-corrected chi connectivity index (χ2v) is 7.17. The second kappa shape index (κ2) is 7.21. The van der Waals surface area contributed by atoms with Crippen LogP contribution in [0.2, 0.25) is 0 Å². The number of aliphatic hydroxyl groups is 1. The van der Waals surface area contributed by atoms with Gasteiger partial charge in [0.05, 0.1) is 12.2 Å². The Morgan fingerprint density at radius 1 is 1.08 bits per heavy atom. The number of rotatable bonds is 5. The van der Waals surface area contributed by atoms with Crippen molar-refractivity contribution in [2.75, 3.05) is 7.11 Å². The van der Waals surface area contributed by atoms with Gasteiger partial charge >= 0.3 is 0 Å². The lowest BCUT2D eigenvalue weighted by Crippen LogP contribution is -2.22. The van der Waals surface area contributed by atoms with Crippen molar-refractivity contribution in [1.29, 1.82) is 0 Å². The Morgan fingerprint density at radius 3 is 2.58 bits per heavy atom. The lowest BCUT2D eigenvalue weighted by Gasteiger charge is -2.20. The van der Waals surface area contributed by atoms with Crippen molar-refractivity contribution < 1.29 is 19.3 Å². The predicted octanol–water partition coefficient (Wildman–Crippen LogP) is 2.71. The third-order valence-corrected chi connectivity index (χ3v) is 5.37. The number of nitrogens with zero attached hydrogens (tertiary/aromatic N) is 2. The molecule has 6 heteroatoms. The fraction of sp³-hybridized carbons (Fsp3) is 0.500. The van der Waals surface area contributed by atoms with Crippen LogP contribution in [-0.2, 0) is 11.2 Å². The molecule has 0 amide bonds. The minimum absolute atomic E-state index is 0.0262. The van der Waals surface area contributed by atoms with E-state index in [0.717, 1.165) is 18.4 Å². The Hall–Kier alpha value is -2.18. The van der Waals surface area contributed by atoms with Crippen molar-refractivity contribution in [2.45, 2.75) is 50.6 Å². The maximum absolute atomic E-state index is 9.89. The molecule has 26 heavy (non-hydrogen) atoms. The average molecular weight is 356 g/mol. The van der Waals surface area contributed by atoms with Crippen molar-refractivity contribution in [3.05, 3.63) is 47.8 Å². The van der Waals surface area contributed by atoms with E-state index >= 15 is 0 Å². The van der Waals surface area contributed by atoms with Crippen LogP contribution in [-0.4, -0.2) is 40.5 Å². The van der Waals surface area contributed by atoms with Crippen LogP contribution in [0.3, 0.4) is 0 Å². The van der Waals surface area contributed by atoms with Gasteiger partial charge in [-0.25, -0.2) is 9.97 Å². The zero-order valence-electron chi connectivity index (χ0n) is 15.0. The summed E-state index contributed by atoms with van der Waals surface area (Å²) in [5, 5.41) is 9.89. The van der Waals surface area contributed by atoms with E-state index in [1.165, 1.54) is 11.9 Å². The molecule has 6 nitrogen and oxygen atoms in total. The van der Waals surface area contributed by atoms with E-state index in [4.69, 9.17) is 14.2 Å². The van der Waals surface area contributed by atoms with Crippen LogP contribution in [0, 0.1) is 5.92 Å². The number of methoxy groups -OCH3 is 1. The fourth-order valence-electron chi connectivity index (χ4n) is 3.89. The van der Waals surface area contributed by atoms with Gasteiger partial charge in [0.15, 0.2) is 6.10 Å². The van der Waals surface area contributed by atoms with Gasteiger partial charge in [0, 0.05) is 20.0 Å². The average Bonchev–Trinajstić information content (AvgIpc) is 3.15. The van der Waals surface area contributed by atoms with Crippen molar-refractivity contribution in [3.63, 3.8) is 0 Å². The van der Waals surface area contributed by atoms with E-state index < -0.39 is 0 Å². The van der Waals surface area contributed by atoms with Crippen LogP contribution in [0.4, 0.5) is 0 Å². The molecule has 1 fully saturated rings. The first-order valence-electron chi connectivity index (χ1n) is 9.08. The van der Waals surface area contributed by atoms with E-state index in [2.05, 4.69) is 22.1 Å². The Labute approximate surface area is 153 Å². The summed E-state index contributed by atoms with van der Waals surface area (Å²) in [6.45, 7) is 2.03. The van der Waals surface area contributed by atoms with Gasteiger partial charge in [-0.1, -0.05) is 31.2 Å². The SMILES string of the molecule is CO[C@H]1Cc2ccccc2[C@H]1Oc1cc(O[C@@H]2C[C@H](C)[C@@H](O)C2)ncn1. The van der Waals surface area contributed by atoms with Gasteiger partial charge in [-0.05, 0) is 23.5 Å². The van der Waals surface area contributed by atoms with E-state index in [-0.39, 0.29) is 30.3 Å². The molecule has 1 heterocycles. The summed E-state index contributed by atoms with van der Waals surface area (Å²) in [6, 6.07) is 9.92. The fourth-order valence-corrected chi connectivity index (χ4v) is 3.89. The molecule has 4 rings (SSSR count). The monoisotopic (exact) mass is 356 g/mol. The molecule has 2 aromatic rings. The van der Waals surface area contributed by atoms with Crippen molar-refractivity contribution in [3.8, 4) is 11.8 Å². The van der Waals surface area contributed by atoms with Gasteiger partial charge in [-0.15, -0.1) is 0 Å². The number of hydrogen-bond acceptors (Lipinski definition) is 6. The normalized spacial score (nSPS) is 30.2. The van der Waals surface area contributed by atoms with Gasteiger partial charge < -0.3 is 19.3 Å². The topological polar surface area (TPSA) is 73.7 Å². The van der Waals surface area contributed by atoms with E-state index in [1.54, 1.807) is 13.2 Å². The number of ether oxygens (including phenoxy) is 3. The number of hydrogen-bond donors (Lipinski definition) is 1. The highest BCUT2D eigenvalue weighted by Gasteiger charge is 2.35. The lowest BCUT2D eigenvalue weighted by molar-refractivity contribution is 0.0107. The van der Waals surface area contributed by atoms with Crippen molar-refractivity contribution in [2.24, 2.45) is 5.92 Å². The Morgan fingerprint density at radius 2 is 1.85 bits per heavy atom. The van der Waals surface area contributed by atoms with Crippen LogP contribution in [0.5, 0.6) is 11.8 Å². The van der Waals surface area contributed by atoms with E-state index in [0.29, 0.717) is 18.2 Å². The maximum Gasteiger partial charge on any atom is 0.220 e. The van der Waals surface area contributed by atoms with Crippen LogP contribution in [0.25, 0.3) is 0 Å². The number of fused-ring (bicyclic) bond motifs is 1. The molecule has 0 aliphatic heterocycles. The van der Waals surface area contributed by atoms with Gasteiger partial charge in [0.2, 0.25) is 11.8 Å². The van der Waals surface area contributed by atoms with E-state index in [1.807, 2.05) is 19.1 Å². The minimum Gasteiger partial charge on any atom is -0.474 e. The molecule has 0 bridgehead atoms. The molecule has 1 N–H and O–H groups in total. The van der Waals surface area contributed by atoms with Crippen molar-refractivity contribution >= 4 is 0 Å². The molecule has 138 valence electrons. The standard InChI is InChI=1S/C20H24N2O4/c1-12-7-14(9-16(12)23)25-18-10-19(22-11-21-18)26-20-15-6-4-3-5-13(15)8-17(20)24-2/h3-6,10-12,14,16-17,20,23H,7-9H2,1-2H3/t12-,14+,16-,17-,20+/m0/s1. The summed E-state index contributed by atoms with van der Waals surface area (Å²) in [5.74, 6) is 1.18. The molecule has 0 radical (unpaired) electrons. The molecular formula is C20H24N2O4. The van der Waals surface area contributed by atoms with Crippen LogP contribution < -0.4 is 9.47 Å². The quantitative estimate of drug-likeness (QED) is 0.888. The molecule has 1 saturated carbocycles. The number of benzene rings is 1. The van der Waals surface area contributed by atoms with Crippen LogP contribution in [0.15, 0.2) is 36.7 Å². The Balaban J connectivity index is 1.49. The van der Waals surface area contributed by atoms with Gasteiger partial charge in [-0.3, -0.25) is 0 Å².